The smallest absolute Gasteiger partial charge is 0.255 e. The van der Waals surface area contributed by atoms with Gasteiger partial charge >= 0.3 is 0 Å². The van der Waals surface area contributed by atoms with Gasteiger partial charge in [-0.15, -0.1) is 0 Å². The molecule has 0 saturated heterocycles. The van der Waals surface area contributed by atoms with Crippen LogP contribution in [0.25, 0.3) is 5.69 Å². The number of rotatable bonds is 4. The predicted octanol–water partition coefficient (Wildman–Crippen LogP) is 2.91. The molecule has 3 rings (SSSR count). The van der Waals surface area contributed by atoms with Crippen LogP contribution in [0.3, 0.4) is 0 Å². The predicted molar refractivity (Wildman–Crippen MR) is 93.4 cm³/mol. The molecule has 1 heterocycles. The molecular formula is C19H25N3O2. The van der Waals surface area contributed by atoms with E-state index in [-0.39, 0.29) is 5.91 Å². The highest BCUT2D eigenvalue weighted by Gasteiger charge is 2.30. The van der Waals surface area contributed by atoms with Crippen LogP contribution in [0.4, 0.5) is 0 Å². The number of carbonyl (C=O) groups excluding carboxylic acids is 1. The van der Waals surface area contributed by atoms with Crippen LogP contribution in [0.2, 0.25) is 0 Å². The van der Waals surface area contributed by atoms with E-state index in [1.165, 1.54) is 0 Å². The molecule has 0 atom stereocenters. The Kier molecular flexibility index (Phi) is 4.71. The molecule has 2 aromatic rings. The molecular weight excluding hydrogens is 302 g/mol. The summed E-state index contributed by atoms with van der Waals surface area (Å²) in [6.07, 6.45) is 4.73. The molecule has 128 valence electrons. The van der Waals surface area contributed by atoms with Gasteiger partial charge in [0.05, 0.1) is 28.2 Å². The number of para-hydroxylation sites is 1. The Labute approximate surface area is 142 Å². The summed E-state index contributed by atoms with van der Waals surface area (Å²) in [6.45, 7) is 4.05. The van der Waals surface area contributed by atoms with Crippen LogP contribution in [-0.2, 0) is 0 Å². The summed E-state index contributed by atoms with van der Waals surface area (Å²) in [7, 11) is 0. The number of aryl methyl sites for hydroxylation is 1. The van der Waals surface area contributed by atoms with E-state index in [0.29, 0.717) is 17.8 Å². The maximum Gasteiger partial charge on any atom is 0.255 e. The van der Waals surface area contributed by atoms with E-state index >= 15 is 0 Å². The second-order valence-electron chi connectivity index (χ2n) is 6.76. The van der Waals surface area contributed by atoms with Gasteiger partial charge in [0.25, 0.3) is 5.91 Å². The van der Waals surface area contributed by atoms with Crippen LogP contribution in [0.5, 0.6) is 0 Å². The minimum atomic E-state index is -0.759. The first-order valence-electron chi connectivity index (χ1n) is 8.62. The van der Waals surface area contributed by atoms with Crippen LogP contribution in [0.15, 0.2) is 30.3 Å². The van der Waals surface area contributed by atoms with Crippen molar-refractivity contribution < 1.29 is 9.90 Å². The molecule has 1 aromatic carbocycles. The van der Waals surface area contributed by atoms with Gasteiger partial charge in [0, 0.05) is 6.54 Å². The van der Waals surface area contributed by atoms with Crippen molar-refractivity contribution in [3.05, 3.63) is 47.3 Å². The molecule has 0 unspecified atom stereocenters. The van der Waals surface area contributed by atoms with Gasteiger partial charge in [-0.05, 0) is 38.8 Å². The van der Waals surface area contributed by atoms with E-state index in [2.05, 4.69) is 10.4 Å². The van der Waals surface area contributed by atoms with Crippen molar-refractivity contribution in [3.63, 3.8) is 0 Å². The standard InChI is InChI=1S/C19H25N3O2/c1-14-17(15(2)22(21-14)16-9-5-3-6-10-16)18(23)20-13-19(24)11-7-4-8-12-19/h3,5-6,9-10,24H,4,7-8,11-13H2,1-2H3,(H,20,23). The van der Waals surface area contributed by atoms with Gasteiger partial charge in [0.1, 0.15) is 0 Å². The number of hydrogen-bond acceptors (Lipinski definition) is 3. The molecule has 1 aliphatic carbocycles. The molecule has 1 aliphatic rings. The highest BCUT2D eigenvalue weighted by Crippen LogP contribution is 2.27. The number of aliphatic hydroxyl groups is 1. The third-order valence-electron chi connectivity index (χ3n) is 4.88. The van der Waals surface area contributed by atoms with Crippen molar-refractivity contribution in [1.82, 2.24) is 15.1 Å². The largest absolute Gasteiger partial charge is 0.388 e. The van der Waals surface area contributed by atoms with Crippen LogP contribution in [0.1, 0.15) is 53.8 Å². The molecule has 0 radical (unpaired) electrons. The van der Waals surface area contributed by atoms with Crippen LogP contribution in [-0.4, -0.2) is 32.9 Å². The quantitative estimate of drug-likeness (QED) is 0.907. The van der Waals surface area contributed by atoms with Crippen molar-refractivity contribution in [2.24, 2.45) is 0 Å². The fourth-order valence-electron chi connectivity index (χ4n) is 3.51. The highest BCUT2D eigenvalue weighted by molar-refractivity contribution is 5.96. The lowest BCUT2D eigenvalue weighted by atomic mass is 9.85. The Balaban J connectivity index is 1.77. The maximum atomic E-state index is 12.6. The van der Waals surface area contributed by atoms with Crippen molar-refractivity contribution >= 4 is 5.91 Å². The highest BCUT2D eigenvalue weighted by atomic mass is 16.3. The van der Waals surface area contributed by atoms with E-state index in [4.69, 9.17) is 0 Å². The van der Waals surface area contributed by atoms with E-state index < -0.39 is 5.60 Å². The number of nitrogens with one attached hydrogen (secondary N) is 1. The summed E-state index contributed by atoms with van der Waals surface area (Å²) in [5.74, 6) is -0.161. The minimum absolute atomic E-state index is 0.161. The van der Waals surface area contributed by atoms with Gasteiger partial charge < -0.3 is 10.4 Å². The first kappa shape index (κ1) is 16.7. The third-order valence-corrected chi connectivity index (χ3v) is 4.88. The van der Waals surface area contributed by atoms with E-state index in [1.807, 2.05) is 44.2 Å². The zero-order valence-corrected chi connectivity index (χ0v) is 14.4. The lowest BCUT2D eigenvalue weighted by molar-refractivity contribution is 0.00524. The summed E-state index contributed by atoms with van der Waals surface area (Å²) < 4.78 is 1.79. The average molecular weight is 327 g/mol. The molecule has 0 bridgehead atoms. The Morgan fingerprint density at radius 3 is 2.54 bits per heavy atom. The first-order chi connectivity index (χ1) is 11.5. The van der Waals surface area contributed by atoms with Crippen LogP contribution < -0.4 is 5.32 Å². The number of carbonyl (C=O) groups is 1. The van der Waals surface area contributed by atoms with Crippen molar-refractivity contribution in [2.75, 3.05) is 6.54 Å². The molecule has 24 heavy (non-hydrogen) atoms. The number of nitrogens with zero attached hydrogens (tertiary/aromatic N) is 2. The zero-order valence-electron chi connectivity index (χ0n) is 14.4. The molecule has 0 spiro atoms. The van der Waals surface area contributed by atoms with Crippen molar-refractivity contribution in [2.45, 2.75) is 51.6 Å². The van der Waals surface area contributed by atoms with E-state index in [0.717, 1.165) is 43.5 Å². The monoisotopic (exact) mass is 327 g/mol. The lowest BCUT2D eigenvalue weighted by Crippen LogP contribution is -2.44. The molecule has 1 amide bonds. The molecule has 0 aliphatic heterocycles. The van der Waals surface area contributed by atoms with Gasteiger partial charge in [0.15, 0.2) is 0 Å². The van der Waals surface area contributed by atoms with Crippen molar-refractivity contribution in [1.29, 1.82) is 0 Å². The lowest BCUT2D eigenvalue weighted by Gasteiger charge is -2.32. The summed E-state index contributed by atoms with van der Waals surface area (Å²) in [5.41, 5.74) is 2.28. The molecule has 1 saturated carbocycles. The third kappa shape index (κ3) is 3.36. The summed E-state index contributed by atoms with van der Waals surface area (Å²) in [5, 5.41) is 18.0. The maximum absolute atomic E-state index is 12.6. The summed E-state index contributed by atoms with van der Waals surface area (Å²) >= 11 is 0. The Hall–Kier alpha value is -2.14. The number of amides is 1. The van der Waals surface area contributed by atoms with Gasteiger partial charge in [-0.1, -0.05) is 37.5 Å². The number of hydrogen-bond donors (Lipinski definition) is 2. The summed E-state index contributed by atoms with van der Waals surface area (Å²) in [6, 6.07) is 9.78. The zero-order chi connectivity index (χ0) is 17.2. The second-order valence-corrected chi connectivity index (χ2v) is 6.76. The van der Waals surface area contributed by atoms with Gasteiger partial charge in [-0.3, -0.25) is 4.79 Å². The van der Waals surface area contributed by atoms with E-state index in [9.17, 15) is 9.90 Å². The molecule has 1 aromatic heterocycles. The average Bonchev–Trinajstić information content (AvgIpc) is 2.89. The van der Waals surface area contributed by atoms with Crippen LogP contribution in [0, 0.1) is 13.8 Å². The SMILES string of the molecule is Cc1nn(-c2ccccc2)c(C)c1C(=O)NCC1(O)CCCCC1. The fourth-order valence-corrected chi connectivity index (χ4v) is 3.51. The van der Waals surface area contributed by atoms with E-state index in [1.54, 1.807) is 4.68 Å². The van der Waals surface area contributed by atoms with Crippen molar-refractivity contribution in [3.8, 4) is 5.69 Å². The molecule has 5 nitrogen and oxygen atoms in total. The summed E-state index contributed by atoms with van der Waals surface area (Å²) in [4.78, 5) is 12.6. The Morgan fingerprint density at radius 2 is 1.88 bits per heavy atom. The number of benzene rings is 1. The Bertz CT molecular complexity index is 716. The first-order valence-corrected chi connectivity index (χ1v) is 8.62. The Morgan fingerprint density at radius 1 is 1.21 bits per heavy atom. The van der Waals surface area contributed by atoms with Gasteiger partial charge in [0.2, 0.25) is 0 Å². The van der Waals surface area contributed by atoms with Gasteiger partial charge in [-0.25, -0.2) is 4.68 Å². The normalized spacial score (nSPS) is 16.8. The number of aromatic nitrogens is 2. The molecule has 1 fully saturated rings. The van der Waals surface area contributed by atoms with Crippen LogP contribution >= 0.6 is 0 Å². The molecule has 5 heteroatoms. The van der Waals surface area contributed by atoms with Gasteiger partial charge in [-0.2, -0.15) is 5.10 Å². The fraction of sp³-hybridized carbons (Fsp3) is 0.474. The topological polar surface area (TPSA) is 67.2 Å². The second kappa shape index (κ2) is 6.77. The molecule has 2 N–H and O–H groups in total. The minimum Gasteiger partial charge on any atom is -0.388 e.